The Morgan fingerprint density at radius 1 is 1.17 bits per heavy atom. The summed E-state index contributed by atoms with van der Waals surface area (Å²) in [5.41, 5.74) is 4.50. The summed E-state index contributed by atoms with van der Waals surface area (Å²) in [4.78, 5) is 12.1. The molecule has 0 aliphatic heterocycles. The minimum atomic E-state index is -0.224. The minimum absolute atomic E-state index is 0.0380. The number of benzene rings is 2. The second-order valence-electron chi connectivity index (χ2n) is 9.59. The lowest BCUT2D eigenvalue weighted by Gasteiger charge is -2.49. The van der Waals surface area contributed by atoms with E-state index in [0.717, 1.165) is 37.9 Å². The Morgan fingerprint density at radius 2 is 1.97 bits per heavy atom. The second-order valence-corrected chi connectivity index (χ2v) is 9.59. The first-order valence-electron chi connectivity index (χ1n) is 11.2. The van der Waals surface area contributed by atoms with Crippen molar-refractivity contribution in [1.82, 2.24) is 0 Å². The zero-order valence-corrected chi connectivity index (χ0v) is 17.9. The normalized spacial score (nSPS) is 29.7. The fourth-order valence-electron chi connectivity index (χ4n) is 6.35. The lowest BCUT2D eigenvalue weighted by molar-refractivity contribution is -0.113. The first-order valence-corrected chi connectivity index (χ1v) is 11.2. The average Bonchev–Trinajstić information content (AvgIpc) is 3.04. The van der Waals surface area contributed by atoms with Crippen molar-refractivity contribution >= 4 is 5.78 Å². The molecular formula is C27H30O3. The van der Waals surface area contributed by atoms with Crippen LogP contribution in [0, 0.1) is 17.3 Å². The summed E-state index contributed by atoms with van der Waals surface area (Å²) in [6.45, 7) is 4.36. The van der Waals surface area contributed by atoms with Crippen molar-refractivity contribution < 1.29 is 14.6 Å². The van der Waals surface area contributed by atoms with Crippen molar-refractivity contribution in [2.24, 2.45) is 17.3 Å². The molecule has 30 heavy (non-hydrogen) atoms. The molecule has 2 aromatic rings. The van der Waals surface area contributed by atoms with Crippen molar-refractivity contribution in [3.05, 3.63) is 76.6 Å². The molecular weight excluding hydrogens is 372 g/mol. The number of hydrogen-bond donors (Lipinski definition) is 1. The number of rotatable bonds is 4. The first-order chi connectivity index (χ1) is 14.5. The molecule has 4 atom stereocenters. The van der Waals surface area contributed by atoms with Gasteiger partial charge in [0.2, 0.25) is 0 Å². The zero-order chi connectivity index (χ0) is 20.9. The number of allylic oxidation sites excluding steroid dienone is 2. The van der Waals surface area contributed by atoms with Gasteiger partial charge in [-0.05, 0) is 85.6 Å². The Balaban J connectivity index is 1.36. The Kier molecular flexibility index (Phi) is 4.72. The molecule has 0 saturated heterocycles. The predicted molar refractivity (Wildman–Crippen MR) is 118 cm³/mol. The Morgan fingerprint density at radius 3 is 2.73 bits per heavy atom. The van der Waals surface area contributed by atoms with Crippen molar-refractivity contribution in [1.29, 1.82) is 0 Å². The summed E-state index contributed by atoms with van der Waals surface area (Å²) in [6.07, 6.45) is 4.93. The van der Waals surface area contributed by atoms with Gasteiger partial charge in [-0.1, -0.05) is 43.3 Å². The van der Waals surface area contributed by atoms with Crippen LogP contribution in [0.1, 0.15) is 62.1 Å². The Labute approximate surface area is 178 Å². The van der Waals surface area contributed by atoms with Crippen LogP contribution in [0.3, 0.4) is 0 Å². The molecule has 1 saturated carbocycles. The minimum Gasteiger partial charge on any atom is -0.511 e. The van der Waals surface area contributed by atoms with E-state index < -0.39 is 0 Å². The highest BCUT2D eigenvalue weighted by Crippen LogP contribution is 2.62. The third kappa shape index (κ3) is 3.07. The first kappa shape index (κ1) is 19.4. The van der Waals surface area contributed by atoms with Crippen molar-refractivity contribution in [2.45, 2.75) is 58.5 Å². The van der Waals surface area contributed by atoms with Crippen molar-refractivity contribution in [2.75, 3.05) is 0 Å². The molecule has 0 spiro atoms. The van der Waals surface area contributed by atoms with Crippen LogP contribution in [-0.2, 0) is 17.8 Å². The average molecular weight is 403 g/mol. The Bertz CT molecular complexity index is 1010. The number of aryl methyl sites for hydroxylation is 1. The molecule has 0 amide bonds. The summed E-state index contributed by atoms with van der Waals surface area (Å²) < 4.78 is 6.06. The smallest absolute Gasteiger partial charge is 0.159 e. The molecule has 5 rings (SSSR count). The third-order valence-electron chi connectivity index (χ3n) is 8.01. The number of aliphatic hydroxyl groups is 1. The summed E-state index contributed by atoms with van der Waals surface area (Å²) >= 11 is 0. The van der Waals surface area contributed by atoms with E-state index >= 15 is 0 Å². The van der Waals surface area contributed by atoms with E-state index in [4.69, 9.17) is 4.74 Å². The number of ether oxygens (including phenoxy) is 1. The summed E-state index contributed by atoms with van der Waals surface area (Å²) in [6, 6.07) is 16.9. The van der Waals surface area contributed by atoms with Gasteiger partial charge in [0, 0.05) is 11.0 Å². The zero-order valence-electron chi connectivity index (χ0n) is 17.9. The SMILES string of the molecule is CC(=O)C1=C(O)[C@@]2(C)CC[C@@H]3c4ccc(OCc5ccccc5)cc4CC[C@H]3[C@@H]2C1. The van der Waals surface area contributed by atoms with Gasteiger partial charge in [-0.3, -0.25) is 4.79 Å². The quantitative estimate of drug-likeness (QED) is 0.669. The molecule has 3 heteroatoms. The molecule has 3 aliphatic rings. The number of Topliss-reactive ketones (excluding diaryl/α,β-unsaturated/α-hetero) is 1. The monoisotopic (exact) mass is 402 g/mol. The second kappa shape index (κ2) is 7.30. The molecule has 3 aliphatic carbocycles. The maximum absolute atomic E-state index is 12.1. The van der Waals surface area contributed by atoms with Crippen molar-refractivity contribution in [3.8, 4) is 5.75 Å². The highest BCUT2D eigenvalue weighted by atomic mass is 16.5. The number of carbonyl (C=O) groups excluding carboxylic acids is 1. The summed E-state index contributed by atoms with van der Waals surface area (Å²) in [5.74, 6) is 2.79. The van der Waals surface area contributed by atoms with Gasteiger partial charge in [0.25, 0.3) is 0 Å². The molecule has 3 nitrogen and oxygen atoms in total. The summed E-state index contributed by atoms with van der Waals surface area (Å²) in [5, 5.41) is 10.8. The molecule has 1 fully saturated rings. The van der Waals surface area contributed by atoms with Crippen LogP contribution in [0.4, 0.5) is 0 Å². The lowest BCUT2D eigenvalue weighted by atomic mass is 9.55. The van der Waals surface area contributed by atoms with E-state index in [9.17, 15) is 9.90 Å². The number of carbonyl (C=O) groups is 1. The van der Waals surface area contributed by atoms with Gasteiger partial charge in [0.05, 0.1) is 0 Å². The number of aliphatic hydroxyl groups excluding tert-OH is 1. The van der Waals surface area contributed by atoms with Gasteiger partial charge >= 0.3 is 0 Å². The van der Waals surface area contributed by atoms with Crippen LogP contribution >= 0.6 is 0 Å². The van der Waals surface area contributed by atoms with E-state index in [-0.39, 0.29) is 11.2 Å². The van der Waals surface area contributed by atoms with E-state index in [1.54, 1.807) is 6.92 Å². The van der Waals surface area contributed by atoms with E-state index in [2.05, 4.69) is 37.3 Å². The van der Waals surface area contributed by atoms with Crippen LogP contribution in [0.25, 0.3) is 0 Å². The molecule has 0 aromatic heterocycles. The number of hydrogen-bond acceptors (Lipinski definition) is 3. The van der Waals surface area contributed by atoms with Gasteiger partial charge in [0.1, 0.15) is 18.1 Å². The topological polar surface area (TPSA) is 46.5 Å². The van der Waals surface area contributed by atoms with Crippen LogP contribution in [-0.4, -0.2) is 10.9 Å². The van der Waals surface area contributed by atoms with Crippen LogP contribution in [0.5, 0.6) is 5.75 Å². The molecule has 0 radical (unpaired) electrons. The standard InChI is InChI=1S/C27H30O3/c1-17(28)24-15-25-23-10-8-19-14-20(30-16-18-6-4-3-5-7-18)9-11-21(19)22(23)12-13-27(25,2)26(24)29/h3-7,9,11,14,22-23,25,29H,8,10,12-13,15-16H2,1-2H3/t22-,23-,25+,27+/m1/s1. The largest absolute Gasteiger partial charge is 0.511 e. The van der Waals surface area contributed by atoms with Crippen molar-refractivity contribution in [3.63, 3.8) is 0 Å². The highest BCUT2D eigenvalue weighted by Gasteiger charge is 2.54. The molecule has 0 bridgehead atoms. The van der Waals surface area contributed by atoms with E-state index in [1.807, 2.05) is 18.2 Å². The van der Waals surface area contributed by atoms with Gasteiger partial charge in [0.15, 0.2) is 5.78 Å². The number of fused-ring (bicyclic) bond motifs is 5. The van der Waals surface area contributed by atoms with Crippen LogP contribution in [0.15, 0.2) is 59.9 Å². The molecule has 0 heterocycles. The maximum atomic E-state index is 12.1. The number of ketones is 1. The molecule has 0 unspecified atom stereocenters. The maximum Gasteiger partial charge on any atom is 0.159 e. The predicted octanol–water partition coefficient (Wildman–Crippen LogP) is 6.13. The lowest BCUT2D eigenvalue weighted by Crippen LogP contribution is -2.41. The van der Waals surface area contributed by atoms with Gasteiger partial charge < -0.3 is 9.84 Å². The molecule has 1 N–H and O–H groups in total. The van der Waals surface area contributed by atoms with E-state index in [0.29, 0.717) is 35.7 Å². The fourth-order valence-corrected chi connectivity index (χ4v) is 6.35. The van der Waals surface area contributed by atoms with Gasteiger partial charge in [-0.25, -0.2) is 0 Å². The van der Waals surface area contributed by atoms with Crippen LogP contribution < -0.4 is 4.74 Å². The highest BCUT2D eigenvalue weighted by molar-refractivity contribution is 5.94. The molecule has 156 valence electrons. The van der Waals surface area contributed by atoms with Gasteiger partial charge in [-0.15, -0.1) is 0 Å². The third-order valence-corrected chi connectivity index (χ3v) is 8.01. The van der Waals surface area contributed by atoms with Gasteiger partial charge in [-0.2, -0.15) is 0 Å². The molecule has 2 aromatic carbocycles. The van der Waals surface area contributed by atoms with Crippen LogP contribution in [0.2, 0.25) is 0 Å². The van der Waals surface area contributed by atoms with E-state index in [1.165, 1.54) is 16.7 Å². The fraction of sp³-hybridized carbons (Fsp3) is 0.444. The summed E-state index contributed by atoms with van der Waals surface area (Å²) in [7, 11) is 0. The Hall–Kier alpha value is -2.55.